The van der Waals surface area contributed by atoms with E-state index in [0.717, 1.165) is 0 Å². The van der Waals surface area contributed by atoms with Gasteiger partial charge in [0.25, 0.3) is 0 Å². The van der Waals surface area contributed by atoms with Gasteiger partial charge in [-0.2, -0.15) is 0 Å². The van der Waals surface area contributed by atoms with Crippen LogP contribution in [0.2, 0.25) is 0 Å². The van der Waals surface area contributed by atoms with Crippen molar-refractivity contribution >= 4 is 11.8 Å². The smallest absolute Gasteiger partial charge is 0.00774 e. The summed E-state index contributed by atoms with van der Waals surface area (Å²) in [4.78, 5) is 1.42. The van der Waals surface area contributed by atoms with Crippen LogP contribution in [-0.2, 0) is 0 Å². The van der Waals surface area contributed by atoms with Crippen LogP contribution >= 0.6 is 11.8 Å². The molecule has 0 N–H and O–H groups in total. The molecule has 1 heteroatoms. The van der Waals surface area contributed by atoms with Gasteiger partial charge >= 0.3 is 0 Å². The summed E-state index contributed by atoms with van der Waals surface area (Å²) in [5.74, 6) is 1.22. The van der Waals surface area contributed by atoms with Gasteiger partial charge < -0.3 is 0 Å². The topological polar surface area (TPSA) is 0 Å². The molecule has 0 saturated carbocycles. The van der Waals surface area contributed by atoms with Gasteiger partial charge in [0.1, 0.15) is 0 Å². The van der Waals surface area contributed by atoms with E-state index >= 15 is 0 Å². The Morgan fingerprint density at radius 1 is 1.08 bits per heavy atom. The molecule has 72 valence electrons. The Balaban J connectivity index is 2.86. The van der Waals surface area contributed by atoms with E-state index in [9.17, 15) is 0 Å². The van der Waals surface area contributed by atoms with Gasteiger partial charge in [0.05, 0.1) is 0 Å². The van der Waals surface area contributed by atoms with Gasteiger partial charge in [0, 0.05) is 4.90 Å². The molecule has 0 aliphatic carbocycles. The third-order valence-corrected chi connectivity index (χ3v) is 3.55. The van der Waals surface area contributed by atoms with E-state index in [-0.39, 0.29) is 0 Å². The van der Waals surface area contributed by atoms with Crippen molar-refractivity contribution in [2.75, 3.05) is 5.75 Å². The Morgan fingerprint density at radius 2 is 1.62 bits per heavy atom. The molecule has 1 rings (SSSR count). The molecule has 0 saturated heterocycles. The average molecular weight is 194 g/mol. The van der Waals surface area contributed by atoms with Crippen molar-refractivity contribution < 1.29 is 0 Å². The third-order valence-electron chi connectivity index (χ3n) is 2.37. The summed E-state index contributed by atoms with van der Waals surface area (Å²) < 4.78 is 0. The van der Waals surface area contributed by atoms with Crippen LogP contribution in [-0.4, -0.2) is 5.75 Å². The van der Waals surface area contributed by atoms with Crippen molar-refractivity contribution in [3.05, 3.63) is 28.8 Å². The first-order chi connectivity index (χ1) is 6.15. The van der Waals surface area contributed by atoms with Crippen LogP contribution in [0.4, 0.5) is 0 Å². The second kappa shape index (κ2) is 4.71. The van der Waals surface area contributed by atoms with Gasteiger partial charge in [-0.15, -0.1) is 11.8 Å². The Bertz CT molecular complexity index is 266. The first-order valence-electron chi connectivity index (χ1n) is 4.85. The summed E-state index contributed by atoms with van der Waals surface area (Å²) >= 11 is 1.96. The highest BCUT2D eigenvalue weighted by molar-refractivity contribution is 7.99. The molecule has 0 unspecified atom stereocenters. The number of hydrogen-bond donors (Lipinski definition) is 0. The molecule has 0 aliphatic rings. The summed E-state index contributed by atoms with van der Waals surface area (Å²) in [5, 5.41) is 0. The highest BCUT2D eigenvalue weighted by Gasteiger charge is 2.00. The molecule has 0 bridgehead atoms. The van der Waals surface area contributed by atoms with E-state index in [0.29, 0.717) is 0 Å². The fraction of sp³-hybridized carbons (Fsp3) is 0.500. The molecule has 0 radical (unpaired) electrons. The maximum absolute atomic E-state index is 2.29. The maximum atomic E-state index is 2.29. The van der Waals surface area contributed by atoms with Gasteiger partial charge in [-0.3, -0.25) is 0 Å². The van der Waals surface area contributed by atoms with Crippen LogP contribution in [0.15, 0.2) is 17.0 Å². The van der Waals surface area contributed by atoms with E-state index in [4.69, 9.17) is 0 Å². The lowest BCUT2D eigenvalue weighted by molar-refractivity contribution is 1.10. The molecule has 0 amide bonds. The minimum atomic E-state index is 1.22. The molecule has 0 atom stereocenters. The number of aryl methyl sites for hydroxylation is 2. The minimum absolute atomic E-state index is 1.22. The SMILES string of the molecule is CCCSc1cc(C)c(C)c(C)c1. The molecular weight excluding hydrogens is 176 g/mol. The fourth-order valence-corrected chi connectivity index (χ4v) is 2.26. The van der Waals surface area contributed by atoms with E-state index in [1.165, 1.54) is 33.8 Å². The molecule has 0 spiro atoms. The molecule has 0 aliphatic heterocycles. The van der Waals surface area contributed by atoms with Crippen molar-refractivity contribution in [2.45, 2.75) is 39.0 Å². The van der Waals surface area contributed by atoms with Crippen LogP contribution in [0.1, 0.15) is 30.0 Å². The summed E-state index contributed by atoms with van der Waals surface area (Å²) in [6.45, 7) is 8.80. The van der Waals surface area contributed by atoms with Gasteiger partial charge in [0.15, 0.2) is 0 Å². The second-order valence-corrected chi connectivity index (χ2v) is 4.70. The van der Waals surface area contributed by atoms with Crippen molar-refractivity contribution in [3.63, 3.8) is 0 Å². The lowest BCUT2D eigenvalue weighted by atomic mass is 10.1. The predicted molar refractivity (Wildman–Crippen MR) is 61.7 cm³/mol. The Labute approximate surface area is 85.7 Å². The Hall–Kier alpha value is -0.430. The van der Waals surface area contributed by atoms with Crippen molar-refractivity contribution in [1.82, 2.24) is 0 Å². The van der Waals surface area contributed by atoms with Crippen LogP contribution in [0, 0.1) is 20.8 Å². The van der Waals surface area contributed by atoms with Gasteiger partial charge in [-0.05, 0) is 61.8 Å². The summed E-state index contributed by atoms with van der Waals surface area (Å²) in [6.07, 6.45) is 1.25. The lowest BCUT2D eigenvalue weighted by Crippen LogP contribution is -1.87. The average Bonchev–Trinajstić information content (AvgIpc) is 2.10. The summed E-state index contributed by atoms with van der Waals surface area (Å²) in [6, 6.07) is 4.59. The summed E-state index contributed by atoms with van der Waals surface area (Å²) in [5.41, 5.74) is 4.26. The standard InChI is InChI=1S/C12H18S/c1-5-6-13-12-7-9(2)11(4)10(3)8-12/h7-8H,5-6H2,1-4H3. The van der Waals surface area contributed by atoms with E-state index < -0.39 is 0 Å². The van der Waals surface area contributed by atoms with Gasteiger partial charge in [-0.1, -0.05) is 6.92 Å². The fourth-order valence-electron chi connectivity index (χ4n) is 1.30. The highest BCUT2D eigenvalue weighted by atomic mass is 32.2. The summed E-state index contributed by atoms with van der Waals surface area (Å²) in [7, 11) is 0. The quantitative estimate of drug-likeness (QED) is 0.652. The monoisotopic (exact) mass is 194 g/mol. The first kappa shape index (κ1) is 10.6. The number of thioether (sulfide) groups is 1. The molecule has 1 aromatic rings. The Kier molecular flexibility index (Phi) is 3.86. The molecule has 0 fully saturated rings. The third kappa shape index (κ3) is 2.77. The Morgan fingerprint density at radius 3 is 2.08 bits per heavy atom. The molecule has 0 heterocycles. The van der Waals surface area contributed by atoms with Crippen molar-refractivity contribution in [1.29, 1.82) is 0 Å². The molecular formula is C12H18S. The van der Waals surface area contributed by atoms with E-state index in [1.54, 1.807) is 0 Å². The molecule has 13 heavy (non-hydrogen) atoms. The van der Waals surface area contributed by atoms with Crippen LogP contribution in [0.3, 0.4) is 0 Å². The highest BCUT2D eigenvalue weighted by Crippen LogP contribution is 2.24. The maximum Gasteiger partial charge on any atom is 0.00774 e. The lowest BCUT2D eigenvalue weighted by Gasteiger charge is -2.07. The van der Waals surface area contributed by atoms with Gasteiger partial charge in [0.2, 0.25) is 0 Å². The first-order valence-corrected chi connectivity index (χ1v) is 5.84. The zero-order valence-electron chi connectivity index (χ0n) is 8.98. The number of rotatable bonds is 3. The normalized spacial score (nSPS) is 10.5. The molecule has 1 aromatic carbocycles. The molecule has 0 aromatic heterocycles. The van der Waals surface area contributed by atoms with Crippen LogP contribution in [0.25, 0.3) is 0 Å². The van der Waals surface area contributed by atoms with Crippen molar-refractivity contribution in [3.8, 4) is 0 Å². The van der Waals surface area contributed by atoms with E-state index in [2.05, 4.69) is 39.8 Å². The largest absolute Gasteiger partial charge is 0.126 e. The van der Waals surface area contributed by atoms with Crippen LogP contribution < -0.4 is 0 Å². The second-order valence-electron chi connectivity index (χ2n) is 3.53. The minimum Gasteiger partial charge on any atom is -0.126 e. The zero-order valence-corrected chi connectivity index (χ0v) is 9.79. The number of benzene rings is 1. The predicted octanol–water partition coefficient (Wildman–Crippen LogP) is 4.11. The number of hydrogen-bond acceptors (Lipinski definition) is 1. The zero-order chi connectivity index (χ0) is 9.84. The van der Waals surface area contributed by atoms with Crippen LogP contribution in [0.5, 0.6) is 0 Å². The van der Waals surface area contributed by atoms with Crippen molar-refractivity contribution in [2.24, 2.45) is 0 Å². The van der Waals surface area contributed by atoms with E-state index in [1.807, 2.05) is 11.8 Å². The molecule has 0 nitrogen and oxygen atoms in total. The van der Waals surface area contributed by atoms with Gasteiger partial charge in [-0.25, -0.2) is 0 Å².